The fourth-order valence-corrected chi connectivity index (χ4v) is 3.81. The molecular weight excluding hydrogens is 326 g/mol. The lowest BCUT2D eigenvalue weighted by Gasteiger charge is -2.34. The Morgan fingerprint density at radius 2 is 2.00 bits per heavy atom. The second-order valence-corrected chi connectivity index (χ2v) is 7.06. The van der Waals surface area contributed by atoms with Crippen molar-refractivity contribution in [1.29, 1.82) is 0 Å². The molecule has 0 spiro atoms. The van der Waals surface area contributed by atoms with Gasteiger partial charge in [-0.3, -0.25) is 4.90 Å². The van der Waals surface area contributed by atoms with Crippen LogP contribution in [0.3, 0.4) is 0 Å². The van der Waals surface area contributed by atoms with Gasteiger partial charge in [0.05, 0.1) is 0 Å². The van der Waals surface area contributed by atoms with Gasteiger partial charge in [-0.25, -0.2) is 0 Å². The fourth-order valence-electron chi connectivity index (χ4n) is 3.14. The van der Waals surface area contributed by atoms with Crippen LogP contribution in [0, 0.1) is 0 Å². The first-order valence-corrected chi connectivity index (χ1v) is 9.80. The van der Waals surface area contributed by atoms with E-state index in [1.807, 2.05) is 29.0 Å². The van der Waals surface area contributed by atoms with E-state index in [1.54, 1.807) is 17.4 Å². The number of nitrogens with zero attached hydrogens (tertiary/aromatic N) is 1. The van der Waals surface area contributed by atoms with Crippen molar-refractivity contribution >= 4 is 22.9 Å². The molecule has 0 radical (unpaired) electrons. The van der Waals surface area contributed by atoms with E-state index in [2.05, 4.69) is 17.9 Å². The van der Waals surface area contributed by atoms with Gasteiger partial charge in [0, 0.05) is 18.5 Å². The third-order valence-corrected chi connectivity index (χ3v) is 5.01. The van der Waals surface area contributed by atoms with Crippen molar-refractivity contribution in [1.82, 2.24) is 4.90 Å². The number of rotatable bonds is 5. The Kier molecular flexibility index (Phi) is 7.93. The zero-order valence-corrected chi connectivity index (χ0v) is 15.3. The number of alkyl halides is 1. The minimum absolute atomic E-state index is 0.383. The molecule has 1 aromatic heterocycles. The van der Waals surface area contributed by atoms with Crippen molar-refractivity contribution in [2.45, 2.75) is 38.6 Å². The molecule has 1 heterocycles. The largest absolute Gasteiger partial charge is 0.508 e. The van der Waals surface area contributed by atoms with Crippen molar-refractivity contribution in [2.24, 2.45) is 0 Å². The molecule has 0 fully saturated rings. The molecule has 0 saturated heterocycles. The highest BCUT2D eigenvalue weighted by Gasteiger charge is 2.23. The number of aromatic hydroxyl groups is 1. The minimum Gasteiger partial charge on any atom is -0.508 e. The summed E-state index contributed by atoms with van der Waals surface area (Å²) in [5.41, 5.74) is 2.70. The third kappa shape index (κ3) is 5.83. The van der Waals surface area contributed by atoms with Gasteiger partial charge in [0.1, 0.15) is 5.75 Å². The Balaban J connectivity index is 0.000000326. The molecule has 2 aromatic rings. The molecule has 0 aliphatic heterocycles. The Morgan fingerprint density at radius 3 is 2.61 bits per heavy atom. The molecular formula is C19H26ClNOS. The minimum atomic E-state index is 0.383. The summed E-state index contributed by atoms with van der Waals surface area (Å²) < 4.78 is 0. The molecule has 1 N–H and O–H groups in total. The van der Waals surface area contributed by atoms with Crippen molar-refractivity contribution in [3.05, 3.63) is 52.2 Å². The number of halogens is 1. The van der Waals surface area contributed by atoms with Gasteiger partial charge in [0.2, 0.25) is 0 Å². The third-order valence-electron chi connectivity index (χ3n) is 4.22. The van der Waals surface area contributed by atoms with Crippen LogP contribution in [0.5, 0.6) is 5.75 Å². The predicted octanol–water partition coefficient (Wildman–Crippen LogP) is 4.95. The lowest BCUT2D eigenvalue weighted by Crippen LogP contribution is -2.41. The molecule has 2 nitrogen and oxygen atoms in total. The number of thiophene rings is 1. The van der Waals surface area contributed by atoms with Crippen molar-refractivity contribution in [3.8, 4) is 5.75 Å². The van der Waals surface area contributed by atoms with Gasteiger partial charge in [-0.1, -0.05) is 25.1 Å². The first kappa shape index (κ1) is 18.3. The molecule has 1 unspecified atom stereocenters. The van der Waals surface area contributed by atoms with E-state index in [4.69, 9.17) is 11.6 Å². The van der Waals surface area contributed by atoms with Crippen molar-refractivity contribution in [2.75, 3.05) is 19.0 Å². The average molecular weight is 352 g/mol. The number of hydrogen-bond acceptors (Lipinski definition) is 3. The van der Waals surface area contributed by atoms with Crippen LogP contribution in [0.2, 0.25) is 0 Å². The van der Waals surface area contributed by atoms with Gasteiger partial charge in [0.25, 0.3) is 0 Å². The Morgan fingerprint density at radius 1 is 1.22 bits per heavy atom. The quantitative estimate of drug-likeness (QED) is 0.770. The second-order valence-electron chi connectivity index (χ2n) is 5.87. The summed E-state index contributed by atoms with van der Waals surface area (Å²) >= 11 is 7.61. The Labute approximate surface area is 148 Å². The SMILES string of the molecule is CCCN(CCCl)C1CCc2ccc(O)cc2C1.c1ccsc1. The summed E-state index contributed by atoms with van der Waals surface area (Å²) in [6.07, 6.45) is 4.53. The number of hydrogen-bond donors (Lipinski definition) is 1. The van der Waals surface area contributed by atoms with Crippen molar-refractivity contribution in [3.63, 3.8) is 0 Å². The zero-order valence-electron chi connectivity index (χ0n) is 13.7. The van der Waals surface area contributed by atoms with E-state index in [1.165, 1.54) is 24.0 Å². The molecule has 1 aromatic carbocycles. The first-order valence-electron chi connectivity index (χ1n) is 8.32. The van der Waals surface area contributed by atoms with Crippen LogP contribution in [0.15, 0.2) is 41.1 Å². The Hall–Kier alpha value is -1.03. The van der Waals surface area contributed by atoms with Gasteiger partial charge in [-0.15, -0.1) is 11.6 Å². The van der Waals surface area contributed by atoms with Crippen LogP contribution in [-0.2, 0) is 12.8 Å². The predicted molar refractivity (Wildman–Crippen MR) is 101 cm³/mol. The number of benzene rings is 1. The van der Waals surface area contributed by atoms with Gasteiger partial charge < -0.3 is 5.11 Å². The van der Waals surface area contributed by atoms with Crippen molar-refractivity contribution < 1.29 is 5.11 Å². The molecule has 1 aliphatic rings. The molecule has 3 rings (SSSR count). The number of fused-ring (bicyclic) bond motifs is 1. The van der Waals surface area contributed by atoms with E-state index in [0.717, 1.165) is 25.9 Å². The van der Waals surface area contributed by atoms with Crippen LogP contribution in [-0.4, -0.2) is 35.0 Å². The normalized spacial score (nSPS) is 16.6. The second kappa shape index (κ2) is 9.96. The maximum atomic E-state index is 9.59. The number of aryl methyl sites for hydroxylation is 1. The van der Waals surface area contributed by atoms with Gasteiger partial charge in [-0.2, -0.15) is 11.3 Å². The van der Waals surface area contributed by atoms with Crippen LogP contribution < -0.4 is 0 Å². The van der Waals surface area contributed by atoms with Crippen LogP contribution in [0.1, 0.15) is 30.9 Å². The summed E-state index contributed by atoms with van der Waals surface area (Å²) in [4.78, 5) is 2.50. The molecule has 0 saturated carbocycles. The smallest absolute Gasteiger partial charge is 0.115 e. The monoisotopic (exact) mass is 351 g/mol. The van der Waals surface area contributed by atoms with Crippen LogP contribution >= 0.6 is 22.9 Å². The zero-order chi connectivity index (χ0) is 16.5. The summed E-state index contributed by atoms with van der Waals surface area (Å²) in [5, 5.41) is 13.7. The summed E-state index contributed by atoms with van der Waals surface area (Å²) in [6, 6.07) is 10.4. The molecule has 23 heavy (non-hydrogen) atoms. The van der Waals surface area contributed by atoms with E-state index >= 15 is 0 Å². The van der Waals surface area contributed by atoms with Gasteiger partial charge in [0.15, 0.2) is 0 Å². The number of phenolic OH excluding ortho intramolecular Hbond substituents is 1. The lowest BCUT2D eigenvalue weighted by atomic mass is 9.87. The van der Waals surface area contributed by atoms with E-state index in [9.17, 15) is 5.11 Å². The molecule has 4 heteroatoms. The van der Waals surface area contributed by atoms with E-state index in [0.29, 0.717) is 17.7 Å². The lowest BCUT2D eigenvalue weighted by molar-refractivity contribution is 0.190. The molecule has 1 aliphatic carbocycles. The van der Waals surface area contributed by atoms with Gasteiger partial charge >= 0.3 is 0 Å². The maximum Gasteiger partial charge on any atom is 0.115 e. The summed E-state index contributed by atoms with van der Waals surface area (Å²) in [5.74, 6) is 1.08. The first-order chi connectivity index (χ1) is 11.2. The highest BCUT2D eigenvalue weighted by molar-refractivity contribution is 7.07. The topological polar surface area (TPSA) is 23.5 Å². The summed E-state index contributed by atoms with van der Waals surface area (Å²) in [7, 11) is 0. The highest BCUT2D eigenvalue weighted by atomic mass is 35.5. The molecule has 0 amide bonds. The van der Waals surface area contributed by atoms with Crippen LogP contribution in [0.25, 0.3) is 0 Å². The van der Waals surface area contributed by atoms with E-state index < -0.39 is 0 Å². The number of phenols is 1. The average Bonchev–Trinajstić information content (AvgIpc) is 3.13. The Bertz CT molecular complexity index is 535. The van der Waals surface area contributed by atoms with Gasteiger partial charge in [-0.05, 0) is 66.2 Å². The summed E-state index contributed by atoms with van der Waals surface area (Å²) in [6.45, 7) is 4.30. The standard InChI is InChI=1S/C15H22ClNO.C4H4S/c1-2-8-17(9-7-16)14-5-3-12-4-6-15(18)11-13(12)10-14;1-2-4-5-3-1/h4,6,11,14,18H,2-3,5,7-10H2,1H3;1-4H. The molecule has 1 atom stereocenters. The van der Waals surface area contributed by atoms with E-state index in [-0.39, 0.29) is 0 Å². The van der Waals surface area contributed by atoms with Crippen LogP contribution in [0.4, 0.5) is 0 Å². The molecule has 126 valence electrons. The highest BCUT2D eigenvalue weighted by Crippen LogP contribution is 2.27. The molecule has 0 bridgehead atoms. The fraction of sp³-hybridized carbons (Fsp3) is 0.474. The maximum absolute atomic E-state index is 9.59.